The number of carbonyl (C=O) groups excluding carboxylic acids is 2. The first-order chi connectivity index (χ1) is 20.8. The molecule has 3 aromatic carbocycles. The number of hydrogen-bond donors (Lipinski definition) is 10. The van der Waals surface area contributed by atoms with Crippen LogP contribution in [-0.4, -0.2) is 106 Å². The molecule has 0 radical (unpaired) electrons. The summed E-state index contributed by atoms with van der Waals surface area (Å²) < 4.78 is 22.2. The summed E-state index contributed by atoms with van der Waals surface area (Å²) in [6.45, 7) is -0.778. The third-order valence-electron chi connectivity index (χ3n) is 7.06. The predicted molar refractivity (Wildman–Crippen MR) is 141 cm³/mol. The summed E-state index contributed by atoms with van der Waals surface area (Å²) in [5.41, 5.74) is -0.751. The molecule has 1 saturated heterocycles. The Morgan fingerprint density at radius 2 is 1.45 bits per heavy atom. The lowest BCUT2D eigenvalue weighted by Gasteiger charge is -2.42. The van der Waals surface area contributed by atoms with Gasteiger partial charge in [0, 0.05) is 12.1 Å². The summed E-state index contributed by atoms with van der Waals surface area (Å²) in [7, 11) is 0. The zero-order valence-corrected chi connectivity index (χ0v) is 22.2. The highest BCUT2D eigenvalue weighted by molar-refractivity contribution is 6.05. The minimum absolute atomic E-state index is 0.0592. The molecule has 7 atom stereocenters. The largest absolute Gasteiger partial charge is 0.508 e. The Morgan fingerprint density at radius 3 is 2.11 bits per heavy atom. The minimum atomic E-state index is -1.99. The molecule has 2 heterocycles. The van der Waals surface area contributed by atoms with Gasteiger partial charge in [0.2, 0.25) is 5.78 Å². The van der Waals surface area contributed by atoms with Crippen LogP contribution in [-0.2, 0) is 14.2 Å². The van der Waals surface area contributed by atoms with Crippen LogP contribution in [0, 0.1) is 0 Å². The molecule has 234 valence electrons. The molecule has 10 N–H and O–H groups in total. The minimum Gasteiger partial charge on any atom is -0.508 e. The summed E-state index contributed by atoms with van der Waals surface area (Å²) in [6.07, 6.45) is -12.5. The fraction of sp³-hybridized carbons (Fsp3) is 0.286. The summed E-state index contributed by atoms with van der Waals surface area (Å²) >= 11 is 0. The number of rotatable bonds is 6. The van der Waals surface area contributed by atoms with Gasteiger partial charge in [-0.3, -0.25) is 4.79 Å². The number of ketones is 1. The Labute approximate surface area is 246 Å². The van der Waals surface area contributed by atoms with Gasteiger partial charge in [-0.25, -0.2) is 4.79 Å². The standard InChI is InChI=1S/C28H26O16/c29-11-6-14(32)19-17(7-11)42-25(9-1-2-12(30)13(31)3-9)26(22(19)37)44-28-24(39)23(38)21(36)18(43-28)8-41-27(40)10-4-15(33)20(35)16(34)5-10/h1-7,18,21,23-26,28-36,38-39H,8H2/t18-,21+,23+,24-,25-,26-,28+/m1/s1. The lowest BCUT2D eigenvalue weighted by molar-refractivity contribution is -0.311. The van der Waals surface area contributed by atoms with Gasteiger partial charge in [-0.05, 0) is 29.8 Å². The summed E-state index contributed by atoms with van der Waals surface area (Å²) in [6, 6.07) is 6.92. The molecular weight excluding hydrogens is 592 g/mol. The van der Waals surface area contributed by atoms with Crippen molar-refractivity contribution in [3.8, 4) is 46.0 Å². The second kappa shape index (κ2) is 11.6. The molecule has 3 aromatic rings. The van der Waals surface area contributed by atoms with E-state index in [4.69, 9.17) is 18.9 Å². The Hall–Kier alpha value is -5.00. The van der Waals surface area contributed by atoms with Gasteiger partial charge in [-0.1, -0.05) is 6.07 Å². The van der Waals surface area contributed by atoms with E-state index in [0.717, 1.165) is 36.4 Å². The van der Waals surface area contributed by atoms with E-state index in [9.17, 15) is 60.7 Å². The maximum atomic E-state index is 13.6. The number of benzene rings is 3. The van der Waals surface area contributed by atoms with Crippen molar-refractivity contribution in [3.05, 3.63) is 59.2 Å². The number of hydrogen-bond acceptors (Lipinski definition) is 16. The van der Waals surface area contributed by atoms with Gasteiger partial charge in [0.15, 0.2) is 47.2 Å². The van der Waals surface area contributed by atoms with E-state index in [1.165, 1.54) is 6.07 Å². The third kappa shape index (κ3) is 5.54. The molecule has 16 heteroatoms. The molecule has 0 unspecified atom stereocenters. The van der Waals surface area contributed by atoms with Gasteiger partial charge in [-0.2, -0.15) is 0 Å². The summed E-state index contributed by atoms with van der Waals surface area (Å²) in [5, 5.41) is 100. The Balaban J connectivity index is 1.41. The third-order valence-corrected chi connectivity index (χ3v) is 7.06. The molecule has 0 aliphatic carbocycles. The van der Waals surface area contributed by atoms with Crippen molar-refractivity contribution in [2.24, 2.45) is 0 Å². The molecule has 0 bridgehead atoms. The fourth-order valence-corrected chi connectivity index (χ4v) is 4.77. The van der Waals surface area contributed by atoms with E-state index < -0.39 is 113 Å². The number of phenols is 7. The van der Waals surface area contributed by atoms with Crippen LogP contribution in [0.15, 0.2) is 42.5 Å². The highest BCUT2D eigenvalue weighted by Gasteiger charge is 2.49. The van der Waals surface area contributed by atoms with Crippen molar-refractivity contribution < 1.29 is 79.6 Å². The molecule has 0 spiro atoms. The first-order valence-corrected chi connectivity index (χ1v) is 12.8. The SMILES string of the molecule is O=C(OC[C@H]1O[C@@H](O[C@@H]2C(=O)c3c(O)cc(O)cc3O[C@@H]2c2ccc(O)c(O)c2)[C@H](O)[C@@H](O)[C@H]1O)c1cc(O)c(O)c(O)c1. The molecule has 0 amide bonds. The maximum Gasteiger partial charge on any atom is 0.338 e. The summed E-state index contributed by atoms with van der Waals surface area (Å²) in [5.74, 6) is -7.08. The molecule has 2 aliphatic rings. The number of Topliss-reactive ketones (excluding diaryl/α,β-unsaturated/α-hetero) is 1. The van der Waals surface area contributed by atoms with Crippen molar-refractivity contribution in [3.63, 3.8) is 0 Å². The topological polar surface area (TPSA) is 273 Å². The normalized spacial score (nSPS) is 26.4. The van der Waals surface area contributed by atoms with Crippen molar-refractivity contribution in [1.82, 2.24) is 0 Å². The lowest BCUT2D eigenvalue weighted by Crippen LogP contribution is -2.60. The molecule has 44 heavy (non-hydrogen) atoms. The highest BCUT2D eigenvalue weighted by atomic mass is 16.7. The average molecular weight is 619 g/mol. The smallest absolute Gasteiger partial charge is 0.338 e. The van der Waals surface area contributed by atoms with Crippen LogP contribution in [0.2, 0.25) is 0 Å². The number of carbonyl (C=O) groups is 2. The Morgan fingerprint density at radius 1 is 0.773 bits per heavy atom. The first-order valence-electron chi connectivity index (χ1n) is 12.8. The first kappa shape index (κ1) is 30.5. The second-order valence-corrected chi connectivity index (χ2v) is 10.0. The van der Waals surface area contributed by atoms with Gasteiger partial charge < -0.3 is 70.0 Å². The van der Waals surface area contributed by atoms with Crippen LogP contribution in [0.25, 0.3) is 0 Å². The van der Waals surface area contributed by atoms with E-state index in [-0.39, 0.29) is 11.3 Å². The monoisotopic (exact) mass is 618 g/mol. The number of esters is 1. The number of aliphatic hydroxyl groups excluding tert-OH is 3. The van der Waals surface area contributed by atoms with E-state index >= 15 is 0 Å². The van der Waals surface area contributed by atoms with Gasteiger partial charge in [0.25, 0.3) is 0 Å². The van der Waals surface area contributed by atoms with Crippen molar-refractivity contribution >= 4 is 11.8 Å². The number of phenolic OH excluding ortho intramolecular Hbond substituents is 7. The molecular formula is C28H26O16. The maximum absolute atomic E-state index is 13.6. The lowest BCUT2D eigenvalue weighted by atomic mass is 9.92. The van der Waals surface area contributed by atoms with E-state index in [0.29, 0.717) is 0 Å². The number of ether oxygens (including phenoxy) is 4. The van der Waals surface area contributed by atoms with Gasteiger partial charge in [0.05, 0.1) is 5.56 Å². The number of aliphatic hydroxyl groups is 3. The molecule has 5 rings (SSSR count). The van der Waals surface area contributed by atoms with E-state index in [2.05, 4.69) is 0 Å². The zero-order chi connectivity index (χ0) is 32.0. The van der Waals surface area contributed by atoms with Gasteiger partial charge in [-0.15, -0.1) is 0 Å². The van der Waals surface area contributed by atoms with Crippen LogP contribution < -0.4 is 4.74 Å². The molecule has 16 nitrogen and oxygen atoms in total. The van der Waals surface area contributed by atoms with Crippen molar-refractivity contribution in [2.45, 2.75) is 42.9 Å². The fourth-order valence-electron chi connectivity index (χ4n) is 4.77. The predicted octanol–water partition coefficient (Wildman–Crippen LogP) is -0.00800. The van der Waals surface area contributed by atoms with Crippen LogP contribution in [0.5, 0.6) is 46.0 Å². The zero-order valence-electron chi connectivity index (χ0n) is 22.2. The molecule has 2 aliphatic heterocycles. The number of fused-ring (bicyclic) bond motifs is 1. The van der Waals surface area contributed by atoms with Crippen LogP contribution >= 0.6 is 0 Å². The van der Waals surface area contributed by atoms with Crippen molar-refractivity contribution in [2.75, 3.05) is 6.61 Å². The van der Waals surface area contributed by atoms with Gasteiger partial charge in [0.1, 0.15) is 53.8 Å². The Bertz CT molecular complexity index is 1580. The van der Waals surface area contributed by atoms with Crippen LogP contribution in [0.3, 0.4) is 0 Å². The molecule has 1 fully saturated rings. The highest BCUT2D eigenvalue weighted by Crippen LogP contribution is 2.44. The second-order valence-electron chi connectivity index (χ2n) is 10.0. The van der Waals surface area contributed by atoms with Crippen LogP contribution in [0.4, 0.5) is 0 Å². The molecule has 0 aromatic heterocycles. The Kier molecular flexibility index (Phi) is 8.02. The van der Waals surface area contributed by atoms with Gasteiger partial charge >= 0.3 is 5.97 Å². The molecule has 0 saturated carbocycles. The average Bonchev–Trinajstić information content (AvgIpc) is 2.97. The summed E-state index contributed by atoms with van der Waals surface area (Å²) in [4.78, 5) is 26.1. The quantitative estimate of drug-likeness (QED) is 0.128. The van der Waals surface area contributed by atoms with Crippen molar-refractivity contribution in [1.29, 1.82) is 0 Å². The van der Waals surface area contributed by atoms with E-state index in [1.807, 2.05) is 0 Å². The van der Waals surface area contributed by atoms with Crippen LogP contribution in [0.1, 0.15) is 32.4 Å². The number of aromatic hydroxyl groups is 7. The van der Waals surface area contributed by atoms with E-state index in [1.54, 1.807) is 0 Å².